The summed E-state index contributed by atoms with van der Waals surface area (Å²) in [4.78, 5) is 25.0. The highest BCUT2D eigenvalue weighted by Crippen LogP contribution is 2.58. The minimum absolute atomic E-state index is 0.0860. The molecule has 2 aliphatic rings. The van der Waals surface area contributed by atoms with Crippen molar-refractivity contribution in [1.82, 2.24) is 4.90 Å². The first-order chi connectivity index (χ1) is 7.73. The maximum absolute atomic E-state index is 11.9. The van der Waals surface area contributed by atoms with Crippen molar-refractivity contribution in [3.63, 3.8) is 0 Å². The quantitative estimate of drug-likeness (QED) is 0.705. The van der Waals surface area contributed by atoms with Crippen LogP contribution in [0, 0.1) is 11.3 Å². The molecule has 0 bridgehead atoms. The number of rotatable bonds is 1. The molecule has 4 heteroatoms. The van der Waals surface area contributed by atoms with Crippen molar-refractivity contribution in [2.75, 3.05) is 13.1 Å². The van der Waals surface area contributed by atoms with Crippen molar-refractivity contribution in [3.05, 3.63) is 0 Å². The third-order valence-electron chi connectivity index (χ3n) is 3.72. The number of hydrogen-bond donors (Lipinski definition) is 0. The lowest BCUT2D eigenvalue weighted by atomic mass is 10.0. The van der Waals surface area contributed by atoms with Gasteiger partial charge < -0.3 is 9.64 Å². The Morgan fingerprint density at radius 1 is 1.35 bits per heavy atom. The van der Waals surface area contributed by atoms with Crippen LogP contribution >= 0.6 is 0 Å². The SMILES string of the molecule is CC(=O)C1CC12CCN(C(=O)OC(C)(C)C)C2. The summed E-state index contributed by atoms with van der Waals surface area (Å²) in [6, 6.07) is 0. The number of ketones is 1. The van der Waals surface area contributed by atoms with E-state index in [-0.39, 0.29) is 23.2 Å². The zero-order chi connectivity index (χ0) is 12.8. The Bertz CT molecular complexity index is 358. The molecule has 1 spiro atoms. The molecule has 1 saturated heterocycles. The van der Waals surface area contributed by atoms with Crippen LogP contribution in [0.1, 0.15) is 40.5 Å². The molecule has 0 aromatic heterocycles. The molecular weight excluding hydrogens is 218 g/mol. The lowest BCUT2D eigenvalue weighted by Gasteiger charge is -2.24. The van der Waals surface area contributed by atoms with Crippen LogP contribution in [0.4, 0.5) is 4.79 Å². The summed E-state index contributed by atoms with van der Waals surface area (Å²) in [5.41, 5.74) is -0.362. The second-order valence-corrected chi connectivity index (χ2v) is 6.38. The average molecular weight is 239 g/mol. The topological polar surface area (TPSA) is 46.6 Å². The standard InChI is InChI=1S/C13H21NO3/c1-9(15)10-7-13(10)5-6-14(8-13)11(16)17-12(2,3)4/h10H,5-8H2,1-4H3. The van der Waals surface area contributed by atoms with Crippen LogP contribution in [0.2, 0.25) is 0 Å². The molecule has 1 aliphatic heterocycles. The highest BCUT2D eigenvalue weighted by molar-refractivity contribution is 5.82. The maximum atomic E-state index is 11.9. The summed E-state index contributed by atoms with van der Waals surface area (Å²) in [6.07, 6.45) is 1.64. The number of carbonyl (C=O) groups excluding carboxylic acids is 2. The van der Waals surface area contributed by atoms with E-state index in [0.717, 1.165) is 19.4 Å². The van der Waals surface area contributed by atoms with E-state index in [0.29, 0.717) is 6.54 Å². The van der Waals surface area contributed by atoms with Crippen LogP contribution in [0.15, 0.2) is 0 Å². The van der Waals surface area contributed by atoms with Gasteiger partial charge in [0.1, 0.15) is 11.4 Å². The summed E-state index contributed by atoms with van der Waals surface area (Å²) in [6.45, 7) is 8.66. The molecule has 1 heterocycles. The van der Waals surface area contributed by atoms with E-state index in [1.807, 2.05) is 20.8 Å². The molecule has 17 heavy (non-hydrogen) atoms. The van der Waals surface area contributed by atoms with Gasteiger partial charge in [-0.3, -0.25) is 4.79 Å². The van der Waals surface area contributed by atoms with Gasteiger partial charge in [-0.1, -0.05) is 0 Å². The number of amides is 1. The lowest BCUT2D eigenvalue weighted by Crippen LogP contribution is -2.35. The molecule has 1 saturated carbocycles. The molecule has 2 unspecified atom stereocenters. The third-order valence-corrected chi connectivity index (χ3v) is 3.72. The van der Waals surface area contributed by atoms with Gasteiger partial charge in [0.15, 0.2) is 0 Å². The highest BCUT2D eigenvalue weighted by atomic mass is 16.6. The molecule has 0 N–H and O–H groups in total. The van der Waals surface area contributed by atoms with Crippen molar-refractivity contribution in [3.8, 4) is 0 Å². The molecular formula is C13H21NO3. The zero-order valence-electron chi connectivity index (χ0n) is 11.1. The number of hydrogen-bond acceptors (Lipinski definition) is 3. The monoisotopic (exact) mass is 239 g/mol. The molecule has 2 atom stereocenters. The van der Waals surface area contributed by atoms with Crippen molar-refractivity contribution in [2.24, 2.45) is 11.3 Å². The van der Waals surface area contributed by atoms with Gasteiger partial charge in [-0.25, -0.2) is 4.79 Å². The summed E-state index contributed by atoms with van der Waals surface area (Å²) in [7, 11) is 0. The molecule has 1 amide bonds. The van der Waals surface area contributed by atoms with E-state index in [1.54, 1.807) is 11.8 Å². The van der Waals surface area contributed by atoms with Gasteiger partial charge in [-0.2, -0.15) is 0 Å². The Morgan fingerprint density at radius 3 is 2.47 bits per heavy atom. The van der Waals surface area contributed by atoms with Gasteiger partial charge in [0.25, 0.3) is 0 Å². The Labute approximate surface area is 102 Å². The van der Waals surface area contributed by atoms with E-state index < -0.39 is 5.60 Å². The molecule has 4 nitrogen and oxygen atoms in total. The number of nitrogens with zero attached hydrogens (tertiary/aromatic N) is 1. The fraction of sp³-hybridized carbons (Fsp3) is 0.846. The van der Waals surface area contributed by atoms with Gasteiger partial charge in [0, 0.05) is 24.4 Å². The minimum atomic E-state index is -0.448. The molecule has 0 aromatic rings. The Hall–Kier alpha value is -1.06. The second kappa shape index (κ2) is 3.72. The van der Waals surface area contributed by atoms with Crippen LogP contribution in [0.25, 0.3) is 0 Å². The van der Waals surface area contributed by atoms with Crippen LogP contribution in [0.3, 0.4) is 0 Å². The van der Waals surface area contributed by atoms with Gasteiger partial charge in [0.05, 0.1) is 0 Å². The number of carbonyl (C=O) groups is 2. The van der Waals surface area contributed by atoms with Crippen molar-refractivity contribution >= 4 is 11.9 Å². The van der Waals surface area contributed by atoms with Gasteiger partial charge >= 0.3 is 6.09 Å². The van der Waals surface area contributed by atoms with E-state index in [9.17, 15) is 9.59 Å². The fourth-order valence-corrected chi connectivity index (χ4v) is 2.75. The van der Waals surface area contributed by atoms with Crippen LogP contribution < -0.4 is 0 Å². The van der Waals surface area contributed by atoms with Crippen LogP contribution in [-0.4, -0.2) is 35.5 Å². The number of Topliss-reactive ketones (excluding diaryl/α,β-unsaturated/α-hetero) is 1. The first-order valence-electron chi connectivity index (χ1n) is 6.22. The molecule has 2 fully saturated rings. The number of ether oxygens (including phenoxy) is 1. The van der Waals surface area contributed by atoms with E-state index >= 15 is 0 Å². The molecule has 2 rings (SSSR count). The van der Waals surface area contributed by atoms with Crippen molar-refractivity contribution < 1.29 is 14.3 Å². The first-order valence-corrected chi connectivity index (χ1v) is 6.22. The third kappa shape index (κ3) is 2.45. The summed E-state index contributed by atoms with van der Waals surface area (Å²) in [5, 5.41) is 0. The minimum Gasteiger partial charge on any atom is -0.444 e. The van der Waals surface area contributed by atoms with Gasteiger partial charge in [0.2, 0.25) is 0 Å². The van der Waals surface area contributed by atoms with Crippen LogP contribution in [0.5, 0.6) is 0 Å². The Balaban J connectivity index is 1.91. The second-order valence-electron chi connectivity index (χ2n) is 6.38. The predicted octanol–water partition coefficient (Wildman–Crippen LogP) is 2.22. The number of likely N-dealkylation sites (tertiary alicyclic amines) is 1. The van der Waals surface area contributed by atoms with Crippen LogP contribution in [-0.2, 0) is 9.53 Å². The molecule has 1 aliphatic carbocycles. The van der Waals surface area contributed by atoms with E-state index in [1.165, 1.54) is 0 Å². The maximum Gasteiger partial charge on any atom is 0.410 e. The van der Waals surface area contributed by atoms with E-state index in [2.05, 4.69) is 0 Å². The van der Waals surface area contributed by atoms with Gasteiger partial charge in [-0.15, -0.1) is 0 Å². The fourth-order valence-electron chi connectivity index (χ4n) is 2.75. The molecule has 0 radical (unpaired) electrons. The zero-order valence-corrected chi connectivity index (χ0v) is 11.1. The summed E-state index contributed by atoms with van der Waals surface area (Å²) >= 11 is 0. The van der Waals surface area contributed by atoms with Crippen molar-refractivity contribution in [2.45, 2.75) is 46.1 Å². The first kappa shape index (κ1) is 12.4. The normalized spacial score (nSPS) is 31.8. The molecule has 96 valence electrons. The Kier molecular flexibility index (Phi) is 2.71. The summed E-state index contributed by atoms with van der Waals surface area (Å²) in [5.74, 6) is 0.436. The van der Waals surface area contributed by atoms with Gasteiger partial charge in [-0.05, 0) is 40.5 Å². The predicted molar refractivity (Wildman–Crippen MR) is 63.6 cm³/mol. The highest BCUT2D eigenvalue weighted by Gasteiger charge is 2.60. The molecule has 0 aromatic carbocycles. The lowest BCUT2D eigenvalue weighted by molar-refractivity contribution is -0.118. The van der Waals surface area contributed by atoms with Crippen molar-refractivity contribution in [1.29, 1.82) is 0 Å². The Morgan fingerprint density at radius 2 is 2.00 bits per heavy atom. The smallest absolute Gasteiger partial charge is 0.410 e. The van der Waals surface area contributed by atoms with E-state index in [4.69, 9.17) is 4.74 Å². The largest absolute Gasteiger partial charge is 0.444 e. The average Bonchev–Trinajstić information content (AvgIpc) is 2.65. The summed E-state index contributed by atoms with van der Waals surface area (Å²) < 4.78 is 5.34.